The van der Waals surface area contributed by atoms with Gasteiger partial charge in [0, 0.05) is 11.0 Å². The van der Waals surface area contributed by atoms with Crippen LogP contribution in [0.25, 0.3) is 0 Å². The molecule has 9 heteroatoms. The lowest BCUT2D eigenvalue weighted by molar-refractivity contribution is 0.0919. The van der Waals surface area contributed by atoms with Gasteiger partial charge in [0.1, 0.15) is 18.1 Å². The van der Waals surface area contributed by atoms with Crippen LogP contribution in [0.4, 0.5) is 0 Å². The number of carbonyl (C=O) groups is 1. The Labute approximate surface area is 177 Å². The van der Waals surface area contributed by atoms with Gasteiger partial charge in [-0.3, -0.25) is 4.79 Å². The molecular weight excluding hydrogens is 460 g/mol. The quantitative estimate of drug-likeness (QED) is 0.516. The van der Waals surface area contributed by atoms with Gasteiger partial charge in [-0.25, -0.2) is 13.1 Å². The summed E-state index contributed by atoms with van der Waals surface area (Å²) in [6.45, 7) is 0.439. The number of nitrogens with one attached hydrogen (secondary N) is 2. The van der Waals surface area contributed by atoms with Crippen LogP contribution >= 0.6 is 15.9 Å². The SMILES string of the molecule is CNS(=O)(=O)c1ccc(CNC(=O)c2ccc(COc3cccc(Br)c3)o2)cc1. The van der Waals surface area contributed by atoms with E-state index >= 15 is 0 Å². The van der Waals surface area contributed by atoms with Gasteiger partial charge in [0.15, 0.2) is 5.76 Å². The monoisotopic (exact) mass is 478 g/mol. The van der Waals surface area contributed by atoms with Crippen LogP contribution in [0.15, 0.2) is 74.4 Å². The molecule has 0 aliphatic heterocycles. The van der Waals surface area contributed by atoms with Crippen LogP contribution in [-0.2, 0) is 23.2 Å². The van der Waals surface area contributed by atoms with E-state index in [4.69, 9.17) is 9.15 Å². The van der Waals surface area contributed by atoms with Crippen molar-refractivity contribution < 1.29 is 22.4 Å². The normalized spacial score (nSPS) is 11.2. The highest BCUT2D eigenvalue weighted by atomic mass is 79.9. The van der Waals surface area contributed by atoms with Crippen molar-refractivity contribution in [1.82, 2.24) is 10.0 Å². The Kier molecular flexibility index (Phi) is 6.73. The smallest absolute Gasteiger partial charge is 0.287 e. The standard InChI is InChI=1S/C20H19BrN2O5S/c1-22-29(25,26)18-8-5-14(6-9-18)12-23-20(24)19-10-7-17(28-19)13-27-16-4-2-3-15(21)11-16/h2-11,22H,12-13H2,1H3,(H,23,24). The number of rotatable bonds is 8. The fourth-order valence-corrected chi connectivity index (χ4v) is 3.57. The molecule has 0 unspecified atom stereocenters. The minimum absolute atomic E-state index is 0.163. The molecule has 1 amide bonds. The fraction of sp³-hybridized carbons (Fsp3) is 0.150. The summed E-state index contributed by atoms with van der Waals surface area (Å²) < 4.78 is 37.8. The maximum absolute atomic E-state index is 12.3. The van der Waals surface area contributed by atoms with E-state index in [0.717, 1.165) is 10.0 Å². The average molecular weight is 479 g/mol. The van der Waals surface area contributed by atoms with Gasteiger partial charge in [-0.2, -0.15) is 0 Å². The zero-order valence-corrected chi connectivity index (χ0v) is 17.9. The van der Waals surface area contributed by atoms with Crippen molar-refractivity contribution in [2.45, 2.75) is 18.0 Å². The molecule has 0 saturated heterocycles. The van der Waals surface area contributed by atoms with Crippen LogP contribution in [0, 0.1) is 0 Å². The van der Waals surface area contributed by atoms with Gasteiger partial charge in [0.2, 0.25) is 10.0 Å². The van der Waals surface area contributed by atoms with E-state index in [2.05, 4.69) is 26.0 Å². The van der Waals surface area contributed by atoms with Gasteiger partial charge in [-0.05, 0) is 55.1 Å². The molecule has 0 aliphatic carbocycles. The van der Waals surface area contributed by atoms with Crippen molar-refractivity contribution in [3.63, 3.8) is 0 Å². The number of sulfonamides is 1. The molecule has 0 spiro atoms. The molecule has 0 fully saturated rings. The maximum Gasteiger partial charge on any atom is 0.287 e. The van der Waals surface area contributed by atoms with Crippen LogP contribution in [0.5, 0.6) is 5.75 Å². The van der Waals surface area contributed by atoms with E-state index in [-0.39, 0.29) is 29.7 Å². The van der Waals surface area contributed by atoms with Crippen LogP contribution in [0.3, 0.4) is 0 Å². The molecule has 0 aliphatic rings. The molecule has 3 rings (SSSR count). The predicted octanol–water partition coefficient (Wildman–Crippen LogP) is 3.46. The van der Waals surface area contributed by atoms with Gasteiger partial charge in [0.25, 0.3) is 5.91 Å². The molecule has 7 nitrogen and oxygen atoms in total. The van der Waals surface area contributed by atoms with Crippen molar-refractivity contribution >= 4 is 31.9 Å². The molecule has 0 saturated carbocycles. The lowest BCUT2D eigenvalue weighted by Gasteiger charge is -2.06. The number of ether oxygens (including phenoxy) is 1. The number of furan rings is 1. The second-order valence-electron chi connectivity index (χ2n) is 6.05. The first-order valence-electron chi connectivity index (χ1n) is 8.65. The summed E-state index contributed by atoms with van der Waals surface area (Å²) in [6, 6.07) is 16.9. The van der Waals surface area contributed by atoms with E-state index in [0.29, 0.717) is 11.5 Å². The van der Waals surface area contributed by atoms with Gasteiger partial charge < -0.3 is 14.5 Å². The molecule has 3 aromatic rings. The minimum Gasteiger partial charge on any atom is -0.486 e. The highest BCUT2D eigenvalue weighted by molar-refractivity contribution is 9.10. The van der Waals surface area contributed by atoms with Crippen LogP contribution < -0.4 is 14.8 Å². The van der Waals surface area contributed by atoms with Gasteiger partial charge >= 0.3 is 0 Å². The summed E-state index contributed by atoms with van der Waals surface area (Å²) >= 11 is 3.38. The zero-order chi connectivity index (χ0) is 20.9. The molecule has 1 heterocycles. The highest BCUT2D eigenvalue weighted by Crippen LogP contribution is 2.19. The first-order chi connectivity index (χ1) is 13.9. The summed E-state index contributed by atoms with van der Waals surface area (Å²) in [7, 11) is -2.13. The Hall–Kier alpha value is -2.62. The predicted molar refractivity (Wildman–Crippen MR) is 111 cm³/mol. The van der Waals surface area contributed by atoms with Crippen molar-refractivity contribution in [1.29, 1.82) is 0 Å². The molecule has 0 radical (unpaired) electrons. The Morgan fingerprint density at radius 2 is 1.86 bits per heavy atom. The van der Waals surface area contributed by atoms with Crippen molar-refractivity contribution in [3.8, 4) is 5.75 Å². The Morgan fingerprint density at radius 3 is 2.55 bits per heavy atom. The molecule has 0 atom stereocenters. The largest absolute Gasteiger partial charge is 0.486 e. The summed E-state index contributed by atoms with van der Waals surface area (Å²) in [6.07, 6.45) is 0. The number of hydrogen-bond acceptors (Lipinski definition) is 5. The van der Waals surface area contributed by atoms with E-state index in [1.807, 2.05) is 24.3 Å². The highest BCUT2D eigenvalue weighted by Gasteiger charge is 2.13. The van der Waals surface area contributed by atoms with Crippen molar-refractivity contribution in [3.05, 3.63) is 82.2 Å². The molecule has 1 aromatic heterocycles. The van der Waals surface area contributed by atoms with E-state index < -0.39 is 10.0 Å². The lowest BCUT2D eigenvalue weighted by atomic mass is 10.2. The van der Waals surface area contributed by atoms with Crippen LogP contribution in [0.1, 0.15) is 21.9 Å². The first kappa shape index (κ1) is 21.1. The number of amides is 1. The molecule has 29 heavy (non-hydrogen) atoms. The average Bonchev–Trinajstić information content (AvgIpc) is 3.20. The maximum atomic E-state index is 12.3. The van der Waals surface area contributed by atoms with E-state index in [1.165, 1.54) is 19.2 Å². The van der Waals surface area contributed by atoms with E-state index in [9.17, 15) is 13.2 Å². The minimum atomic E-state index is -3.48. The number of hydrogen-bond donors (Lipinski definition) is 2. The summed E-state index contributed by atoms with van der Waals surface area (Å²) in [5.41, 5.74) is 0.762. The van der Waals surface area contributed by atoms with Gasteiger partial charge in [-0.1, -0.05) is 34.1 Å². The van der Waals surface area contributed by atoms with Crippen molar-refractivity contribution in [2.24, 2.45) is 0 Å². The zero-order valence-electron chi connectivity index (χ0n) is 15.5. The Balaban J connectivity index is 1.53. The summed E-state index contributed by atoms with van der Waals surface area (Å²) in [5.74, 6) is 1.01. The third-order valence-corrected chi connectivity index (χ3v) is 5.94. The molecule has 0 bridgehead atoms. The molecular formula is C20H19BrN2O5S. The second-order valence-corrected chi connectivity index (χ2v) is 8.85. The topological polar surface area (TPSA) is 97.6 Å². The number of carbonyl (C=O) groups excluding carboxylic acids is 1. The van der Waals surface area contributed by atoms with Crippen LogP contribution in [0.2, 0.25) is 0 Å². The Bertz CT molecular complexity index is 1090. The van der Waals surface area contributed by atoms with Gasteiger partial charge in [-0.15, -0.1) is 0 Å². The third kappa shape index (κ3) is 5.69. The van der Waals surface area contributed by atoms with Crippen molar-refractivity contribution in [2.75, 3.05) is 7.05 Å². The Morgan fingerprint density at radius 1 is 1.10 bits per heavy atom. The molecule has 152 valence electrons. The fourth-order valence-electron chi connectivity index (χ4n) is 2.46. The number of benzene rings is 2. The third-order valence-electron chi connectivity index (χ3n) is 4.02. The van der Waals surface area contributed by atoms with E-state index in [1.54, 1.807) is 24.3 Å². The second kappa shape index (κ2) is 9.25. The van der Waals surface area contributed by atoms with Crippen LogP contribution in [-0.4, -0.2) is 21.4 Å². The first-order valence-corrected chi connectivity index (χ1v) is 10.9. The summed E-state index contributed by atoms with van der Waals surface area (Å²) in [4.78, 5) is 12.4. The summed E-state index contributed by atoms with van der Waals surface area (Å²) in [5, 5.41) is 2.74. The lowest BCUT2D eigenvalue weighted by Crippen LogP contribution is -2.22. The number of halogens is 1. The van der Waals surface area contributed by atoms with Gasteiger partial charge in [0.05, 0.1) is 4.90 Å². The molecule has 2 aromatic carbocycles. The molecule has 2 N–H and O–H groups in total.